The van der Waals surface area contributed by atoms with Gasteiger partial charge in [-0.3, -0.25) is 0 Å². The minimum atomic E-state index is -0.710. The summed E-state index contributed by atoms with van der Waals surface area (Å²) in [5.74, 6) is 1.15. The Kier molecular flexibility index (Phi) is 4.64. The first-order valence-corrected chi connectivity index (χ1v) is 5.11. The molecular weight excluding hydrogens is 208 g/mol. The molecule has 0 spiro atoms. The van der Waals surface area contributed by atoms with E-state index in [1.807, 2.05) is 13.8 Å². The molecule has 0 unspecified atom stereocenters. The minimum Gasteiger partial charge on any atom is -0.493 e. The van der Waals surface area contributed by atoms with Crippen molar-refractivity contribution in [2.24, 2.45) is 5.92 Å². The van der Waals surface area contributed by atoms with Crippen molar-refractivity contribution in [3.8, 4) is 11.5 Å². The molecule has 0 amide bonds. The van der Waals surface area contributed by atoms with Gasteiger partial charge in [0, 0.05) is 0 Å². The van der Waals surface area contributed by atoms with Crippen LogP contribution in [0.4, 0.5) is 4.79 Å². The Hall–Kier alpha value is -1.71. The van der Waals surface area contributed by atoms with Gasteiger partial charge in [-0.25, -0.2) is 4.79 Å². The maximum Gasteiger partial charge on any atom is 0.513 e. The number of hydrogen-bond donors (Lipinski definition) is 0. The highest BCUT2D eigenvalue weighted by Crippen LogP contribution is 2.26. The molecule has 4 heteroatoms. The van der Waals surface area contributed by atoms with Crippen LogP contribution < -0.4 is 9.47 Å². The molecular formula is C12H16O4. The van der Waals surface area contributed by atoms with Crippen molar-refractivity contribution in [3.05, 3.63) is 24.3 Å². The fourth-order valence-electron chi connectivity index (χ4n) is 1.06. The van der Waals surface area contributed by atoms with Crippen molar-refractivity contribution < 1.29 is 19.0 Å². The molecule has 0 heterocycles. The minimum absolute atomic E-state index is 0.283. The zero-order valence-electron chi connectivity index (χ0n) is 9.73. The molecule has 0 aromatic heterocycles. The Morgan fingerprint density at radius 2 is 1.88 bits per heavy atom. The summed E-state index contributed by atoms with van der Waals surface area (Å²) < 4.78 is 14.9. The Bertz CT molecular complexity index is 347. The monoisotopic (exact) mass is 224 g/mol. The Balaban J connectivity index is 2.55. The molecule has 0 aliphatic carbocycles. The lowest BCUT2D eigenvalue weighted by molar-refractivity contribution is 0.0875. The Morgan fingerprint density at radius 3 is 2.44 bits per heavy atom. The summed E-state index contributed by atoms with van der Waals surface area (Å²) in [5, 5.41) is 0. The molecule has 1 rings (SSSR count). The van der Waals surface area contributed by atoms with Crippen LogP contribution in [0.2, 0.25) is 0 Å². The molecule has 1 aromatic rings. The molecule has 0 bridgehead atoms. The Morgan fingerprint density at radius 1 is 1.25 bits per heavy atom. The summed E-state index contributed by atoms with van der Waals surface area (Å²) in [5.41, 5.74) is 0. The normalized spacial score (nSPS) is 10.0. The first kappa shape index (κ1) is 12.4. The molecule has 4 nitrogen and oxygen atoms in total. The number of benzene rings is 1. The SMILES string of the molecule is COc1ccccc1OC(=O)OCC(C)C. The van der Waals surface area contributed by atoms with Gasteiger partial charge in [-0.1, -0.05) is 26.0 Å². The summed E-state index contributed by atoms with van der Waals surface area (Å²) in [7, 11) is 1.52. The molecule has 0 atom stereocenters. The number of rotatable bonds is 4. The number of para-hydroxylation sites is 2. The van der Waals surface area contributed by atoms with Gasteiger partial charge in [-0.05, 0) is 18.1 Å². The van der Waals surface area contributed by atoms with Gasteiger partial charge in [0.1, 0.15) is 0 Å². The quantitative estimate of drug-likeness (QED) is 0.582. The van der Waals surface area contributed by atoms with Gasteiger partial charge in [0.25, 0.3) is 0 Å². The summed E-state index contributed by atoms with van der Waals surface area (Å²) in [4.78, 5) is 11.3. The van der Waals surface area contributed by atoms with Crippen LogP contribution in [0, 0.1) is 5.92 Å². The lowest BCUT2D eigenvalue weighted by Crippen LogP contribution is -2.14. The summed E-state index contributed by atoms with van der Waals surface area (Å²) >= 11 is 0. The van der Waals surface area contributed by atoms with Crippen LogP contribution >= 0.6 is 0 Å². The van der Waals surface area contributed by atoms with Crippen molar-refractivity contribution in [1.29, 1.82) is 0 Å². The van der Waals surface area contributed by atoms with Gasteiger partial charge in [0.05, 0.1) is 13.7 Å². The van der Waals surface area contributed by atoms with Crippen molar-refractivity contribution in [2.75, 3.05) is 13.7 Å². The molecule has 16 heavy (non-hydrogen) atoms. The fourth-order valence-corrected chi connectivity index (χ4v) is 1.06. The number of carbonyl (C=O) groups excluding carboxylic acids is 1. The van der Waals surface area contributed by atoms with E-state index in [4.69, 9.17) is 14.2 Å². The number of hydrogen-bond acceptors (Lipinski definition) is 4. The third-order valence-corrected chi connectivity index (χ3v) is 1.80. The van der Waals surface area contributed by atoms with Crippen molar-refractivity contribution in [1.82, 2.24) is 0 Å². The van der Waals surface area contributed by atoms with Crippen LogP contribution in [0.3, 0.4) is 0 Å². The number of carbonyl (C=O) groups is 1. The van der Waals surface area contributed by atoms with Gasteiger partial charge in [0.2, 0.25) is 0 Å². The third kappa shape index (κ3) is 3.81. The first-order chi connectivity index (χ1) is 7.63. The van der Waals surface area contributed by atoms with E-state index >= 15 is 0 Å². The van der Waals surface area contributed by atoms with Crippen LogP contribution in [0.1, 0.15) is 13.8 Å². The molecule has 88 valence electrons. The second kappa shape index (κ2) is 6.00. The second-order valence-electron chi connectivity index (χ2n) is 3.71. The highest BCUT2D eigenvalue weighted by atomic mass is 16.7. The highest BCUT2D eigenvalue weighted by Gasteiger charge is 2.10. The first-order valence-electron chi connectivity index (χ1n) is 5.11. The molecule has 1 aromatic carbocycles. The molecule has 0 radical (unpaired) electrons. The van der Waals surface area contributed by atoms with E-state index < -0.39 is 6.16 Å². The van der Waals surface area contributed by atoms with E-state index in [1.54, 1.807) is 24.3 Å². The third-order valence-electron chi connectivity index (χ3n) is 1.80. The van der Waals surface area contributed by atoms with Crippen LogP contribution in [0.5, 0.6) is 11.5 Å². The molecule has 0 fully saturated rings. The van der Waals surface area contributed by atoms with E-state index in [0.29, 0.717) is 18.1 Å². The van der Waals surface area contributed by atoms with Crippen LogP contribution in [0.25, 0.3) is 0 Å². The average Bonchev–Trinajstić information content (AvgIpc) is 2.27. The number of ether oxygens (including phenoxy) is 3. The predicted molar refractivity (Wildman–Crippen MR) is 59.8 cm³/mol. The van der Waals surface area contributed by atoms with E-state index in [9.17, 15) is 4.79 Å². The van der Waals surface area contributed by atoms with Crippen molar-refractivity contribution in [3.63, 3.8) is 0 Å². The number of methoxy groups -OCH3 is 1. The Labute approximate surface area is 95.1 Å². The van der Waals surface area contributed by atoms with Gasteiger partial charge in [0.15, 0.2) is 11.5 Å². The largest absolute Gasteiger partial charge is 0.513 e. The van der Waals surface area contributed by atoms with Crippen LogP contribution in [-0.2, 0) is 4.74 Å². The average molecular weight is 224 g/mol. The van der Waals surface area contributed by atoms with E-state index in [-0.39, 0.29) is 5.92 Å². The molecule has 0 saturated heterocycles. The second-order valence-corrected chi connectivity index (χ2v) is 3.71. The van der Waals surface area contributed by atoms with E-state index in [1.165, 1.54) is 7.11 Å². The van der Waals surface area contributed by atoms with Gasteiger partial charge in [-0.15, -0.1) is 0 Å². The van der Waals surface area contributed by atoms with Crippen LogP contribution in [0.15, 0.2) is 24.3 Å². The van der Waals surface area contributed by atoms with E-state index in [0.717, 1.165) is 0 Å². The summed E-state index contributed by atoms with van der Waals surface area (Å²) in [6, 6.07) is 6.92. The van der Waals surface area contributed by atoms with Crippen molar-refractivity contribution in [2.45, 2.75) is 13.8 Å². The van der Waals surface area contributed by atoms with Gasteiger partial charge < -0.3 is 14.2 Å². The predicted octanol–water partition coefficient (Wildman–Crippen LogP) is 2.87. The summed E-state index contributed by atoms with van der Waals surface area (Å²) in [6.07, 6.45) is -0.710. The smallest absolute Gasteiger partial charge is 0.493 e. The topological polar surface area (TPSA) is 44.8 Å². The van der Waals surface area contributed by atoms with Gasteiger partial charge >= 0.3 is 6.16 Å². The fraction of sp³-hybridized carbons (Fsp3) is 0.417. The lowest BCUT2D eigenvalue weighted by Gasteiger charge is -2.09. The maximum absolute atomic E-state index is 11.3. The standard InChI is InChI=1S/C12H16O4/c1-9(2)8-15-12(13)16-11-7-5-4-6-10(11)14-3/h4-7,9H,8H2,1-3H3. The highest BCUT2D eigenvalue weighted by molar-refractivity contribution is 5.65. The molecule has 0 N–H and O–H groups in total. The summed E-state index contributed by atoms with van der Waals surface area (Å²) in [6.45, 7) is 4.25. The van der Waals surface area contributed by atoms with Crippen LogP contribution in [-0.4, -0.2) is 19.9 Å². The van der Waals surface area contributed by atoms with E-state index in [2.05, 4.69) is 0 Å². The van der Waals surface area contributed by atoms with Gasteiger partial charge in [-0.2, -0.15) is 0 Å². The maximum atomic E-state index is 11.3. The zero-order chi connectivity index (χ0) is 12.0. The zero-order valence-corrected chi connectivity index (χ0v) is 9.73. The van der Waals surface area contributed by atoms with Crippen molar-refractivity contribution >= 4 is 6.16 Å². The lowest BCUT2D eigenvalue weighted by atomic mass is 10.2. The molecule has 0 aliphatic rings. The molecule has 0 saturated carbocycles. The molecule has 0 aliphatic heterocycles.